The number of quaternary nitrogens is 1. The van der Waals surface area contributed by atoms with Gasteiger partial charge in [0.1, 0.15) is 19.8 Å². The van der Waals surface area contributed by atoms with Crippen molar-refractivity contribution in [1.82, 2.24) is 0 Å². The summed E-state index contributed by atoms with van der Waals surface area (Å²) in [6.07, 6.45) is 46.5. The van der Waals surface area contributed by atoms with E-state index in [0.29, 0.717) is 17.4 Å². The highest BCUT2D eigenvalue weighted by molar-refractivity contribution is 7.47. The second kappa shape index (κ2) is 38.3. The van der Waals surface area contributed by atoms with Crippen LogP contribution >= 0.6 is 7.82 Å². The zero-order valence-corrected chi connectivity index (χ0v) is 37.1. The first-order chi connectivity index (χ1) is 27.0. The number of hydrogen-bond acceptors (Lipinski definition) is 7. The maximum atomic E-state index is 12.7. The Morgan fingerprint density at radius 3 is 1.88 bits per heavy atom. The number of rotatable bonds is 39. The van der Waals surface area contributed by atoms with Gasteiger partial charge in [-0.3, -0.25) is 13.8 Å². The van der Waals surface area contributed by atoms with Gasteiger partial charge in [-0.15, -0.1) is 0 Å². The lowest BCUT2D eigenvalue weighted by atomic mass is 10.1. The maximum Gasteiger partial charge on any atom is 0.472 e. The number of esters is 1. The summed E-state index contributed by atoms with van der Waals surface area (Å²) in [6, 6.07) is 0. The van der Waals surface area contributed by atoms with Crippen molar-refractivity contribution < 1.29 is 42.4 Å². The van der Waals surface area contributed by atoms with Crippen LogP contribution in [0.1, 0.15) is 155 Å². The van der Waals surface area contributed by atoms with Crippen LogP contribution in [0.3, 0.4) is 0 Å². The zero-order chi connectivity index (χ0) is 41.4. The van der Waals surface area contributed by atoms with Crippen LogP contribution in [0.25, 0.3) is 0 Å². The Morgan fingerprint density at radius 1 is 0.661 bits per heavy atom. The first kappa shape index (κ1) is 53.7. The van der Waals surface area contributed by atoms with Gasteiger partial charge in [0, 0.05) is 6.42 Å². The van der Waals surface area contributed by atoms with Crippen molar-refractivity contribution in [3.8, 4) is 0 Å². The van der Waals surface area contributed by atoms with Crippen molar-refractivity contribution >= 4 is 13.8 Å². The summed E-state index contributed by atoms with van der Waals surface area (Å²) in [5.41, 5.74) is 0. The molecule has 0 fully saturated rings. The molecule has 0 radical (unpaired) electrons. The maximum absolute atomic E-state index is 12.7. The third-order valence-electron chi connectivity index (χ3n) is 8.91. The molecule has 9 nitrogen and oxygen atoms in total. The molecule has 2 N–H and O–H groups in total. The lowest BCUT2D eigenvalue weighted by Crippen LogP contribution is -2.37. The van der Waals surface area contributed by atoms with Crippen LogP contribution in [-0.2, 0) is 27.9 Å². The van der Waals surface area contributed by atoms with E-state index in [1.54, 1.807) is 6.26 Å². The van der Waals surface area contributed by atoms with Crippen molar-refractivity contribution in [3.63, 3.8) is 0 Å². The minimum atomic E-state index is -4.32. The van der Waals surface area contributed by atoms with Gasteiger partial charge < -0.3 is 24.0 Å². The molecule has 0 rings (SSSR count). The number of phosphoric ester groups is 1. The van der Waals surface area contributed by atoms with Gasteiger partial charge in [0.05, 0.1) is 40.1 Å². The number of unbranched alkanes of at least 4 members (excludes halogenated alkanes) is 14. The molecule has 0 saturated heterocycles. The number of ether oxygens (including phenoxy) is 2. The first-order valence-corrected chi connectivity index (χ1v) is 23.3. The van der Waals surface area contributed by atoms with Crippen LogP contribution in [-0.4, -0.2) is 80.2 Å². The lowest BCUT2D eigenvalue weighted by Gasteiger charge is -2.24. The summed E-state index contributed by atoms with van der Waals surface area (Å²) in [5, 5.41) is 9.91. The number of likely N-dealkylation sites (N-methyl/N-ethyl adjacent to an activating group) is 1. The van der Waals surface area contributed by atoms with E-state index in [-0.39, 0.29) is 32.3 Å². The number of aliphatic hydroxyl groups excluding tert-OH is 1. The average molecular weight is 809 g/mol. The van der Waals surface area contributed by atoms with Crippen LogP contribution < -0.4 is 0 Å². The van der Waals surface area contributed by atoms with Crippen molar-refractivity contribution in [2.45, 2.75) is 167 Å². The van der Waals surface area contributed by atoms with Gasteiger partial charge in [-0.25, -0.2) is 4.57 Å². The van der Waals surface area contributed by atoms with Crippen molar-refractivity contribution in [3.05, 3.63) is 73.1 Å². The number of phosphoric acid groups is 1. The van der Waals surface area contributed by atoms with Crippen LogP contribution in [0, 0.1) is 0 Å². The topological polar surface area (TPSA) is 112 Å². The number of carbonyl (C=O) groups excluding carboxylic acids is 1. The minimum Gasteiger partial charge on any atom is -0.498 e. The summed E-state index contributed by atoms with van der Waals surface area (Å²) in [5.74, 6) is -0.411. The monoisotopic (exact) mass is 809 g/mol. The van der Waals surface area contributed by atoms with E-state index < -0.39 is 19.9 Å². The Balaban J connectivity index is 4.47. The molecular formula is C46H83NO8P+. The Kier molecular flexibility index (Phi) is 36.7. The molecule has 0 aromatic heterocycles. The average Bonchev–Trinajstić information content (AvgIpc) is 3.14. The van der Waals surface area contributed by atoms with Crippen LogP contribution in [0.2, 0.25) is 0 Å². The Hall–Kier alpha value is -2.26. The van der Waals surface area contributed by atoms with Gasteiger partial charge in [-0.1, -0.05) is 139 Å². The minimum absolute atomic E-state index is 0.00696. The number of aliphatic hydroxyl groups is 1. The van der Waals surface area contributed by atoms with Crippen LogP contribution in [0.15, 0.2) is 73.1 Å². The van der Waals surface area contributed by atoms with E-state index in [9.17, 15) is 19.4 Å². The van der Waals surface area contributed by atoms with E-state index in [2.05, 4.69) is 56.4 Å². The molecule has 0 bridgehead atoms. The summed E-state index contributed by atoms with van der Waals surface area (Å²) in [7, 11) is 1.56. The van der Waals surface area contributed by atoms with Gasteiger partial charge in [-0.05, 0) is 76.7 Å². The predicted molar refractivity (Wildman–Crippen MR) is 234 cm³/mol. The molecule has 56 heavy (non-hydrogen) atoms. The van der Waals surface area contributed by atoms with Gasteiger partial charge >= 0.3 is 13.8 Å². The Bertz CT molecular complexity index is 1140. The second-order valence-corrected chi connectivity index (χ2v) is 17.1. The summed E-state index contributed by atoms with van der Waals surface area (Å²) in [6.45, 7) is 4.69. The number of carbonyl (C=O) groups is 1. The normalized spacial score (nSPS) is 15.0. The summed E-state index contributed by atoms with van der Waals surface area (Å²) >= 11 is 0. The SMILES string of the molecule is CCCCCC/C=C\CCCCCCCC/C=C/OC[C@H](COP(=O)(O)OCC[N+](C)(C)C)OC(=O)CCC/C=C\C/C=C\C/C=C\C=C\[C@@H](O)CCCCC. The fourth-order valence-corrected chi connectivity index (χ4v) is 6.18. The Morgan fingerprint density at radius 2 is 1.21 bits per heavy atom. The fraction of sp³-hybridized carbons (Fsp3) is 0.717. The van der Waals surface area contributed by atoms with E-state index >= 15 is 0 Å². The molecular weight excluding hydrogens is 725 g/mol. The standard InChI is InChI=1S/C46H82NO8P/c1-6-8-10-11-12-13-14-15-16-17-18-22-25-28-31-35-40-52-42-45(43-54-56(50,51)53-41-39-47(3,4)5)55-46(49)38-34-30-27-24-21-19-20-23-26-29-33-37-44(48)36-32-9-7-2/h13-14,19-20,24,26-27,29,33,35,37,40,44-45,48H,6-12,15-18,21-23,25,28,30-32,34,36,38-39,41-43H2,1-5H3/p+1/b14-13-,20-19-,27-24-,29-26-,37-33+,40-35+/t44-,45+/m0/s1. The molecule has 1 unspecified atom stereocenters. The van der Waals surface area contributed by atoms with Gasteiger partial charge in [-0.2, -0.15) is 0 Å². The molecule has 0 aliphatic rings. The third-order valence-corrected chi connectivity index (χ3v) is 9.89. The van der Waals surface area contributed by atoms with Crippen LogP contribution in [0.5, 0.6) is 0 Å². The molecule has 324 valence electrons. The molecule has 0 aromatic rings. The molecule has 3 atom stereocenters. The van der Waals surface area contributed by atoms with E-state index in [1.165, 1.54) is 70.6 Å². The van der Waals surface area contributed by atoms with Gasteiger partial charge in [0.15, 0.2) is 6.10 Å². The molecule has 0 aliphatic heterocycles. The second-order valence-electron chi connectivity index (χ2n) is 15.6. The zero-order valence-electron chi connectivity index (χ0n) is 36.2. The lowest BCUT2D eigenvalue weighted by molar-refractivity contribution is -0.870. The van der Waals surface area contributed by atoms with Gasteiger partial charge in [0.25, 0.3) is 0 Å². The van der Waals surface area contributed by atoms with Crippen LogP contribution in [0.4, 0.5) is 0 Å². The van der Waals surface area contributed by atoms with E-state index in [1.807, 2.05) is 45.4 Å². The molecule has 0 amide bonds. The molecule has 0 heterocycles. The molecule has 10 heteroatoms. The van der Waals surface area contributed by atoms with Crippen molar-refractivity contribution in [2.24, 2.45) is 0 Å². The molecule has 0 aromatic carbocycles. The molecule has 0 aliphatic carbocycles. The Labute approximate surface area is 343 Å². The smallest absolute Gasteiger partial charge is 0.472 e. The highest BCUT2D eigenvalue weighted by Crippen LogP contribution is 2.43. The fourth-order valence-electron chi connectivity index (χ4n) is 5.44. The van der Waals surface area contributed by atoms with Crippen molar-refractivity contribution in [2.75, 3.05) is 47.5 Å². The van der Waals surface area contributed by atoms with Crippen molar-refractivity contribution in [1.29, 1.82) is 0 Å². The van der Waals surface area contributed by atoms with E-state index in [4.69, 9.17) is 18.5 Å². The molecule has 0 saturated carbocycles. The highest BCUT2D eigenvalue weighted by Gasteiger charge is 2.26. The summed E-state index contributed by atoms with van der Waals surface area (Å²) in [4.78, 5) is 22.8. The highest BCUT2D eigenvalue weighted by atomic mass is 31.2. The van der Waals surface area contributed by atoms with E-state index in [0.717, 1.165) is 57.8 Å². The van der Waals surface area contributed by atoms with Gasteiger partial charge in [0.2, 0.25) is 0 Å². The number of nitrogens with zero attached hydrogens (tertiary/aromatic N) is 1. The molecule has 0 spiro atoms. The number of hydrogen-bond donors (Lipinski definition) is 2. The first-order valence-electron chi connectivity index (χ1n) is 21.8. The largest absolute Gasteiger partial charge is 0.498 e. The number of allylic oxidation sites excluding steroid dienone is 10. The summed E-state index contributed by atoms with van der Waals surface area (Å²) < 4.78 is 34.6. The predicted octanol–water partition coefficient (Wildman–Crippen LogP) is 12.0. The third kappa shape index (κ3) is 41.4. The quantitative estimate of drug-likeness (QED) is 0.0120.